The maximum absolute atomic E-state index is 11.9. The number of hydrogen-bond donors (Lipinski definition) is 1. The number of aryl methyl sites for hydroxylation is 1. The van der Waals surface area contributed by atoms with Gasteiger partial charge in [-0.05, 0) is 30.9 Å². The molecule has 4 heteroatoms. The molecule has 0 spiro atoms. The van der Waals surface area contributed by atoms with Crippen molar-refractivity contribution in [2.45, 2.75) is 44.9 Å². The van der Waals surface area contributed by atoms with Crippen molar-refractivity contribution in [2.75, 3.05) is 0 Å². The van der Waals surface area contributed by atoms with Gasteiger partial charge in [-0.1, -0.05) is 19.9 Å². The number of fused-ring (bicyclic) bond motifs is 1. The lowest BCUT2D eigenvalue weighted by molar-refractivity contribution is 0.580. The second-order valence-corrected chi connectivity index (χ2v) is 5.70. The molecule has 20 heavy (non-hydrogen) atoms. The molecule has 0 saturated carbocycles. The third-order valence-corrected chi connectivity index (χ3v) is 3.88. The van der Waals surface area contributed by atoms with E-state index in [9.17, 15) is 4.79 Å². The Morgan fingerprint density at radius 2 is 2.25 bits per heavy atom. The highest BCUT2D eigenvalue weighted by Crippen LogP contribution is 2.33. The van der Waals surface area contributed by atoms with Crippen LogP contribution in [0.5, 0.6) is 0 Å². The molecule has 1 aliphatic carbocycles. The Morgan fingerprint density at radius 1 is 1.40 bits per heavy atom. The Hall–Kier alpha value is -1.97. The van der Waals surface area contributed by atoms with Crippen molar-refractivity contribution in [1.82, 2.24) is 15.0 Å². The van der Waals surface area contributed by atoms with Crippen LogP contribution in [0.25, 0.3) is 0 Å². The number of nitrogens with one attached hydrogen (secondary N) is 1. The van der Waals surface area contributed by atoms with E-state index >= 15 is 0 Å². The quantitative estimate of drug-likeness (QED) is 0.912. The molecule has 2 heterocycles. The van der Waals surface area contributed by atoms with Crippen molar-refractivity contribution in [3.63, 3.8) is 0 Å². The predicted molar refractivity (Wildman–Crippen MR) is 78.0 cm³/mol. The molecule has 3 rings (SSSR count). The molecular formula is C16H19N3O. The topological polar surface area (TPSA) is 58.6 Å². The van der Waals surface area contributed by atoms with Crippen molar-refractivity contribution in [2.24, 2.45) is 0 Å². The fourth-order valence-corrected chi connectivity index (χ4v) is 2.85. The fourth-order valence-electron chi connectivity index (χ4n) is 2.85. The van der Waals surface area contributed by atoms with E-state index in [0.717, 1.165) is 36.5 Å². The van der Waals surface area contributed by atoms with Crippen molar-refractivity contribution >= 4 is 0 Å². The summed E-state index contributed by atoms with van der Waals surface area (Å²) in [6.45, 7) is 4.07. The van der Waals surface area contributed by atoms with Gasteiger partial charge >= 0.3 is 0 Å². The van der Waals surface area contributed by atoms with Crippen LogP contribution in [0.4, 0.5) is 0 Å². The number of hydrogen-bond acceptors (Lipinski definition) is 3. The van der Waals surface area contributed by atoms with Gasteiger partial charge in [-0.3, -0.25) is 9.78 Å². The number of aromatic amines is 1. The van der Waals surface area contributed by atoms with Crippen LogP contribution in [-0.2, 0) is 6.42 Å². The summed E-state index contributed by atoms with van der Waals surface area (Å²) in [6.07, 6.45) is 5.03. The molecule has 1 atom stereocenters. The second kappa shape index (κ2) is 5.19. The van der Waals surface area contributed by atoms with Gasteiger partial charge in [-0.2, -0.15) is 0 Å². The van der Waals surface area contributed by atoms with Gasteiger partial charge < -0.3 is 4.98 Å². The lowest BCUT2D eigenvalue weighted by atomic mass is 9.84. The van der Waals surface area contributed by atoms with Crippen molar-refractivity contribution < 1.29 is 0 Å². The second-order valence-electron chi connectivity index (χ2n) is 5.70. The van der Waals surface area contributed by atoms with E-state index in [2.05, 4.69) is 21.0 Å². The monoisotopic (exact) mass is 269 g/mol. The first-order chi connectivity index (χ1) is 9.65. The molecule has 0 amide bonds. The van der Waals surface area contributed by atoms with Crippen LogP contribution in [0, 0.1) is 0 Å². The maximum Gasteiger partial charge on any atom is 0.251 e. The van der Waals surface area contributed by atoms with Crippen molar-refractivity contribution in [3.8, 4) is 0 Å². The van der Waals surface area contributed by atoms with Crippen LogP contribution in [0.2, 0.25) is 0 Å². The average molecular weight is 269 g/mol. The SMILES string of the molecule is CC(C)c1nc(C2CCCc3cccnc32)cc(=O)[nH]1. The predicted octanol–water partition coefficient (Wildman–Crippen LogP) is 2.76. The van der Waals surface area contributed by atoms with Crippen LogP contribution in [0.3, 0.4) is 0 Å². The van der Waals surface area contributed by atoms with Crippen LogP contribution in [0.15, 0.2) is 29.2 Å². The summed E-state index contributed by atoms with van der Waals surface area (Å²) in [5, 5.41) is 0. The van der Waals surface area contributed by atoms with Crippen LogP contribution in [0.1, 0.15) is 61.3 Å². The largest absolute Gasteiger partial charge is 0.310 e. The van der Waals surface area contributed by atoms with Gasteiger partial charge in [0.25, 0.3) is 5.56 Å². The first-order valence-corrected chi connectivity index (χ1v) is 7.20. The maximum atomic E-state index is 11.9. The molecular weight excluding hydrogens is 250 g/mol. The Morgan fingerprint density at radius 3 is 3.05 bits per heavy atom. The van der Waals surface area contributed by atoms with E-state index < -0.39 is 0 Å². The minimum absolute atomic E-state index is 0.0678. The first kappa shape index (κ1) is 13.0. The molecule has 2 aromatic heterocycles. The molecule has 0 fully saturated rings. The Bertz CT molecular complexity index is 675. The van der Waals surface area contributed by atoms with E-state index in [4.69, 9.17) is 0 Å². The Balaban J connectivity index is 2.08. The standard InChI is InChI=1S/C16H19N3O/c1-10(2)16-18-13(9-14(20)19-16)12-7-3-5-11-6-4-8-17-15(11)12/h4,6,8-10,12H,3,5,7H2,1-2H3,(H,18,19,20). The molecule has 0 aromatic carbocycles. The number of rotatable bonds is 2. The number of H-pyrrole nitrogens is 1. The highest BCUT2D eigenvalue weighted by molar-refractivity contribution is 5.32. The van der Waals surface area contributed by atoms with E-state index in [1.165, 1.54) is 5.56 Å². The fraction of sp³-hybridized carbons (Fsp3) is 0.438. The highest BCUT2D eigenvalue weighted by atomic mass is 16.1. The van der Waals surface area contributed by atoms with Crippen molar-refractivity contribution in [3.05, 3.63) is 57.5 Å². The van der Waals surface area contributed by atoms with E-state index in [-0.39, 0.29) is 17.4 Å². The van der Waals surface area contributed by atoms with Gasteiger partial charge in [0.05, 0.1) is 11.4 Å². The zero-order valence-electron chi connectivity index (χ0n) is 11.9. The van der Waals surface area contributed by atoms with Gasteiger partial charge in [0, 0.05) is 24.1 Å². The number of aromatic nitrogens is 3. The third-order valence-electron chi connectivity index (χ3n) is 3.88. The highest BCUT2D eigenvalue weighted by Gasteiger charge is 2.24. The molecule has 2 aromatic rings. The average Bonchev–Trinajstić information content (AvgIpc) is 2.46. The summed E-state index contributed by atoms with van der Waals surface area (Å²) in [7, 11) is 0. The van der Waals surface area contributed by atoms with E-state index in [0.29, 0.717) is 0 Å². The van der Waals surface area contributed by atoms with E-state index in [1.54, 1.807) is 6.07 Å². The first-order valence-electron chi connectivity index (χ1n) is 7.20. The lowest BCUT2D eigenvalue weighted by Gasteiger charge is -2.24. The number of nitrogens with zero attached hydrogens (tertiary/aromatic N) is 2. The molecule has 104 valence electrons. The molecule has 1 aliphatic rings. The minimum Gasteiger partial charge on any atom is -0.310 e. The molecule has 4 nitrogen and oxygen atoms in total. The van der Waals surface area contributed by atoms with Gasteiger partial charge in [0.15, 0.2) is 0 Å². The van der Waals surface area contributed by atoms with Crippen LogP contribution < -0.4 is 5.56 Å². The molecule has 0 aliphatic heterocycles. The molecule has 1 N–H and O–H groups in total. The summed E-state index contributed by atoms with van der Waals surface area (Å²) in [6, 6.07) is 5.73. The number of pyridine rings is 1. The third kappa shape index (κ3) is 2.38. The molecule has 1 unspecified atom stereocenters. The summed E-state index contributed by atoms with van der Waals surface area (Å²) < 4.78 is 0. The summed E-state index contributed by atoms with van der Waals surface area (Å²) >= 11 is 0. The van der Waals surface area contributed by atoms with Crippen molar-refractivity contribution in [1.29, 1.82) is 0 Å². The van der Waals surface area contributed by atoms with Gasteiger partial charge in [-0.15, -0.1) is 0 Å². The zero-order chi connectivity index (χ0) is 14.1. The molecule has 0 saturated heterocycles. The van der Waals surface area contributed by atoms with Gasteiger partial charge in [0.2, 0.25) is 0 Å². The Kier molecular flexibility index (Phi) is 3.38. The summed E-state index contributed by atoms with van der Waals surface area (Å²) in [5.41, 5.74) is 3.17. The zero-order valence-corrected chi connectivity index (χ0v) is 11.9. The van der Waals surface area contributed by atoms with Gasteiger partial charge in [-0.25, -0.2) is 4.98 Å². The summed E-state index contributed by atoms with van der Waals surface area (Å²) in [4.78, 5) is 23.9. The summed E-state index contributed by atoms with van der Waals surface area (Å²) in [5.74, 6) is 1.13. The smallest absolute Gasteiger partial charge is 0.251 e. The molecule has 0 bridgehead atoms. The van der Waals surface area contributed by atoms with Gasteiger partial charge in [0.1, 0.15) is 5.82 Å². The molecule has 0 radical (unpaired) electrons. The van der Waals surface area contributed by atoms with Crippen LogP contribution >= 0.6 is 0 Å². The van der Waals surface area contributed by atoms with E-state index in [1.807, 2.05) is 26.1 Å². The Labute approximate surface area is 118 Å². The lowest BCUT2D eigenvalue weighted by Crippen LogP contribution is -2.19. The normalized spacial score (nSPS) is 18.1. The minimum atomic E-state index is -0.0678. The van der Waals surface area contributed by atoms with Crippen LogP contribution in [-0.4, -0.2) is 15.0 Å².